The molecule has 5 heterocycles. The average Bonchev–Trinajstić information content (AvgIpc) is 3.54. The summed E-state index contributed by atoms with van der Waals surface area (Å²) in [5.74, 6) is -0.418. The Labute approximate surface area is 196 Å². The molecule has 0 bridgehead atoms. The minimum Gasteiger partial charge on any atom is -0.315 e. The molecule has 1 N–H and O–H groups in total. The number of fused-ring (bicyclic) bond motifs is 3. The number of aromatic nitrogens is 5. The summed E-state index contributed by atoms with van der Waals surface area (Å²) in [4.78, 5) is 9.40. The normalized spacial score (nSPS) is 16.4. The third-order valence-electron chi connectivity index (χ3n) is 5.94. The molecule has 1 aliphatic rings. The molecule has 160 valence electrons. The number of pyridine rings is 2. The molecule has 1 fully saturated rings. The summed E-state index contributed by atoms with van der Waals surface area (Å²) >= 11 is 9.89. The molecule has 6 nitrogen and oxygen atoms in total. The summed E-state index contributed by atoms with van der Waals surface area (Å²) in [6.07, 6.45) is 8.71. The van der Waals surface area contributed by atoms with Gasteiger partial charge in [-0.25, -0.2) is 9.37 Å². The molecular formula is C23H17BrClFN6. The van der Waals surface area contributed by atoms with Crippen LogP contribution < -0.4 is 5.32 Å². The van der Waals surface area contributed by atoms with Gasteiger partial charge in [-0.3, -0.25) is 14.1 Å². The number of benzene rings is 1. The van der Waals surface area contributed by atoms with Crippen LogP contribution in [0.2, 0.25) is 5.02 Å². The van der Waals surface area contributed by atoms with Gasteiger partial charge in [0, 0.05) is 41.6 Å². The summed E-state index contributed by atoms with van der Waals surface area (Å²) in [6, 6.07) is 8.97. The molecule has 9 heteroatoms. The second-order valence-corrected chi connectivity index (χ2v) is 9.03. The molecule has 0 amide bonds. The Morgan fingerprint density at radius 1 is 1.19 bits per heavy atom. The smallest absolute Gasteiger partial charge is 0.147 e. The van der Waals surface area contributed by atoms with Crippen molar-refractivity contribution in [1.29, 1.82) is 0 Å². The van der Waals surface area contributed by atoms with E-state index in [1.54, 1.807) is 12.1 Å². The number of halogens is 3. The molecule has 0 radical (unpaired) electrons. The van der Waals surface area contributed by atoms with E-state index in [9.17, 15) is 4.39 Å². The maximum Gasteiger partial charge on any atom is 0.147 e. The Balaban J connectivity index is 1.51. The van der Waals surface area contributed by atoms with Crippen LogP contribution in [0.3, 0.4) is 0 Å². The van der Waals surface area contributed by atoms with E-state index in [-0.39, 0.29) is 5.56 Å². The van der Waals surface area contributed by atoms with Crippen LogP contribution in [0.1, 0.15) is 12.5 Å². The lowest BCUT2D eigenvalue weighted by atomic mass is 10.1. The van der Waals surface area contributed by atoms with Gasteiger partial charge in [-0.1, -0.05) is 17.7 Å². The standard InChI is InChI=1S/C23H17BrClFN6/c24-22-21(20-17(25)2-1-3-18(20)26)30-23-16-8-13(9-28-19(16)5-7-31(22)23)14-10-29-32(12-14)15-4-6-27-11-15/h1-3,5,7-10,12,15,27H,4,6,11H2/t15-/m0/s1. The number of imidazole rings is 1. The van der Waals surface area contributed by atoms with Crippen LogP contribution in [0, 0.1) is 5.82 Å². The van der Waals surface area contributed by atoms with Crippen molar-refractivity contribution in [3.63, 3.8) is 0 Å². The summed E-state index contributed by atoms with van der Waals surface area (Å²) < 4.78 is 19.1. The van der Waals surface area contributed by atoms with Crippen molar-refractivity contribution < 1.29 is 4.39 Å². The van der Waals surface area contributed by atoms with E-state index >= 15 is 0 Å². The second kappa shape index (κ2) is 7.65. The van der Waals surface area contributed by atoms with E-state index in [1.807, 2.05) is 33.7 Å². The summed E-state index contributed by atoms with van der Waals surface area (Å²) in [6.45, 7) is 1.94. The Morgan fingerprint density at radius 3 is 2.91 bits per heavy atom. The van der Waals surface area contributed by atoms with Gasteiger partial charge in [0.2, 0.25) is 0 Å². The van der Waals surface area contributed by atoms with Gasteiger partial charge in [-0.15, -0.1) is 0 Å². The van der Waals surface area contributed by atoms with Gasteiger partial charge >= 0.3 is 0 Å². The van der Waals surface area contributed by atoms with Crippen molar-refractivity contribution in [1.82, 2.24) is 29.5 Å². The van der Waals surface area contributed by atoms with E-state index in [1.165, 1.54) is 6.07 Å². The molecular weight excluding hydrogens is 495 g/mol. The number of hydrogen-bond acceptors (Lipinski definition) is 4. The number of hydrogen-bond donors (Lipinski definition) is 1. The second-order valence-electron chi connectivity index (χ2n) is 7.87. The monoisotopic (exact) mass is 510 g/mol. The summed E-state index contributed by atoms with van der Waals surface area (Å²) in [5, 5.41) is 9.10. The predicted molar refractivity (Wildman–Crippen MR) is 126 cm³/mol. The fourth-order valence-corrected chi connectivity index (χ4v) is 5.09. The van der Waals surface area contributed by atoms with Crippen LogP contribution in [-0.2, 0) is 0 Å². The minimum absolute atomic E-state index is 0.272. The maximum atomic E-state index is 14.6. The van der Waals surface area contributed by atoms with E-state index in [0.717, 1.165) is 41.5 Å². The van der Waals surface area contributed by atoms with Gasteiger partial charge in [-0.2, -0.15) is 5.10 Å². The lowest BCUT2D eigenvalue weighted by Gasteiger charge is -2.07. The zero-order valence-corrected chi connectivity index (χ0v) is 19.1. The average molecular weight is 512 g/mol. The lowest BCUT2D eigenvalue weighted by Crippen LogP contribution is -2.13. The topological polar surface area (TPSA) is 60.0 Å². The van der Waals surface area contributed by atoms with E-state index in [4.69, 9.17) is 16.6 Å². The maximum absolute atomic E-state index is 14.6. The molecule has 32 heavy (non-hydrogen) atoms. The highest BCUT2D eigenvalue weighted by molar-refractivity contribution is 9.10. The van der Waals surface area contributed by atoms with Gasteiger partial charge in [-0.05, 0) is 53.2 Å². The molecule has 1 saturated heterocycles. The van der Waals surface area contributed by atoms with Crippen molar-refractivity contribution >= 4 is 44.1 Å². The van der Waals surface area contributed by atoms with Gasteiger partial charge in [0.15, 0.2) is 0 Å². The van der Waals surface area contributed by atoms with Crippen LogP contribution in [0.4, 0.5) is 4.39 Å². The molecule has 6 rings (SSSR count). The fourth-order valence-electron chi connectivity index (χ4n) is 4.26. The lowest BCUT2D eigenvalue weighted by molar-refractivity contribution is 0.491. The first-order valence-corrected chi connectivity index (χ1v) is 11.4. The molecule has 1 aliphatic heterocycles. The number of nitrogens with zero attached hydrogens (tertiary/aromatic N) is 5. The van der Waals surface area contributed by atoms with E-state index < -0.39 is 5.82 Å². The third kappa shape index (κ3) is 3.13. The highest BCUT2D eigenvalue weighted by Gasteiger charge is 2.21. The van der Waals surface area contributed by atoms with Gasteiger partial charge < -0.3 is 5.32 Å². The van der Waals surface area contributed by atoms with E-state index in [2.05, 4.69) is 43.6 Å². The Kier molecular flexibility index (Phi) is 4.74. The third-order valence-corrected chi connectivity index (χ3v) is 7.01. The predicted octanol–water partition coefficient (Wildman–Crippen LogP) is 5.50. The highest BCUT2D eigenvalue weighted by Crippen LogP contribution is 2.37. The SMILES string of the molecule is Fc1cccc(Cl)c1-c1nc2c3cc(-c4cnn([C@H]5CCNC5)c4)cnc3ccn2c1Br. The molecule has 1 aromatic carbocycles. The summed E-state index contributed by atoms with van der Waals surface area (Å²) in [7, 11) is 0. The zero-order chi connectivity index (χ0) is 21.8. The van der Waals surface area contributed by atoms with Gasteiger partial charge in [0.05, 0.1) is 28.3 Å². The van der Waals surface area contributed by atoms with Crippen molar-refractivity contribution in [2.24, 2.45) is 0 Å². The molecule has 0 saturated carbocycles. The Hall–Kier alpha value is -2.81. The first-order valence-electron chi connectivity index (χ1n) is 10.3. The first kappa shape index (κ1) is 19.8. The van der Waals surface area contributed by atoms with Crippen molar-refractivity contribution in [2.45, 2.75) is 12.5 Å². The number of nitrogens with one attached hydrogen (secondary N) is 1. The van der Waals surface area contributed by atoms with Crippen molar-refractivity contribution in [3.8, 4) is 22.4 Å². The first-order chi connectivity index (χ1) is 15.6. The van der Waals surface area contributed by atoms with Crippen molar-refractivity contribution in [2.75, 3.05) is 13.1 Å². The van der Waals surface area contributed by atoms with Gasteiger partial charge in [0.25, 0.3) is 0 Å². The Morgan fingerprint density at radius 2 is 2.09 bits per heavy atom. The molecule has 0 aliphatic carbocycles. The van der Waals surface area contributed by atoms with E-state index in [0.29, 0.717) is 27.0 Å². The largest absolute Gasteiger partial charge is 0.315 e. The quantitative estimate of drug-likeness (QED) is 0.347. The zero-order valence-electron chi connectivity index (χ0n) is 16.8. The molecule has 4 aromatic heterocycles. The van der Waals surface area contributed by atoms with Gasteiger partial charge in [0.1, 0.15) is 21.8 Å². The fraction of sp³-hybridized carbons (Fsp3) is 0.174. The number of rotatable bonds is 3. The highest BCUT2D eigenvalue weighted by atomic mass is 79.9. The molecule has 1 atom stereocenters. The summed E-state index contributed by atoms with van der Waals surface area (Å²) in [5.41, 5.74) is 4.15. The van der Waals surface area contributed by atoms with Crippen LogP contribution in [0.15, 0.2) is 59.7 Å². The molecule has 0 unspecified atom stereocenters. The minimum atomic E-state index is -0.418. The molecule has 5 aromatic rings. The van der Waals surface area contributed by atoms with Crippen LogP contribution in [-0.4, -0.2) is 37.2 Å². The Bertz CT molecular complexity index is 1470. The van der Waals surface area contributed by atoms with Crippen LogP contribution >= 0.6 is 27.5 Å². The van der Waals surface area contributed by atoms with Crippen LogP contribution in [0.25, 0.3) is 38.9 Å². The van der Waals surface area contributed by atoms with Crippen molar-refractivity contribution in [3.05, 3.63) is 70.6 Å². The van der Waals surface area contributed by atoms with Crippen LogP contribution in [0.5, 0.6) is 0 Å². The molecule has 0 spiro atoms.